The van der Waals surface area contributed by atoms with E-state index in [2.05, 4.69) is 13.2 Å². The molecule has 0 aliphatic carbocycles. The van der Waals surface area contributed by atoms with E-state index in [-0.39, 0.29) is 5.92 Å². The van der Waals surface area contributed by atoms with E-state index >= 15 is 0 Å². The smallest absolute Gasteiger partial charge is 0.306 e. The van der Waals surface area contributed by atoms with Gasteiger partial charge in [0.25, 0.3) is 0 Å². The lowest BCUT2D eigenvalue weighted by molar-refractivity contribution is -0.141. The van der Waals surface area contributed by atoms with Crippen LogP contribution in [-0.2, 0) is 4.79 Å². The molecule has 0 saturated heterocycles. The molecule has 1 N–H and O–H groups in total. The van der Waals surface area contributed by atoms with Gasteiger partial charge in [-0.1, -0.05) is 18.6 Å². The Hall–Kier alpha value is -1.05. The van der Waals surface area contributed by atoms with Crippen LogP contribution in [0.2, 0.25) is 0 Å². The highest BCUT2D eigenvalue weighted by atomic mass is 16.4. The van der Waals surface area contributed by atoms with E-state index in [1.165, 1.54) is 0 Å². The third-order valence-corrected chi connectivity index (χ3v) is 2.01. The van der Waals surface area contributed by atoms with E-state index in [1.54, 1.807) is 6.08 Å². The number of rotatable bonds is 8. The lowest BCUT2D eigenvalue weighted by Crippen LogP contribution is -2.12. The molecule has 0 heterocycles. The number of carboxylic acid groups (broad SMARTS) is 1. The van der Waals surface area contributed by atoms with Crippen LogP contribution in [0.15, 0.2) is 25.3 Å². The van der Waals surface area contributed by atoms with Crippen molar-refractivity contribution >= 4 is 5.97 Å². The number of unbranched alkanes of at least 4 members (excludes halogenated alkanes) is 2. The largest absolute Gasteiger partial charge is 0.481 e. The molecule has 0 aliphatic rings. The van der Waals surface area contributed by atoms with Crippen molar-refractivity contribution in [3.8, 4) is 0 Å². The lowest BCUT2D eigenvalue weighted by Gasteiger charge is -2.08. The number of hydrogen-bond acceptors (Lipinski definition) is 1. The summed E-state index contributed by atoms with van der Waals surface area (Å²) in [5, 5.41) is 8.79. The summed E-state index contributed by atoms with van der Waals surface area (Å²) in [4.78, 5) is 10.7. The third kappa shape index (κ3) is 6.14. The molecule has 0 radical (unpaired) electrons. The highest BCUT2D eigenvalue weighted by molar-refractivity contribution is 5.70. The summed E-state index contributed by atoms with van der Waals surface area (Å²) in [5.41, 5.74) is 0. The Morgan fingerprint density at radius 2 is 2.00 bits per heavy atom. The number of carboxylic acids is 1. The van der Waals surface area contributed by atoms with Crippen molar-refractivity contribution in [3.63, 3.8) is 0 Å². The standard InChI is InChI=1S/C11H18O2/c1-3-5-6-7-9-10(8-4-2)11(12)13/h3-4,10H,1-2,5-9H2,(H,12,13). The summed E-state index contributed by atoms with van der Waals surface area (Å²) in [6.45, 7) is 7.16. The molecule has 0 aromatic carbocycles. The average molecular weight is 182 g/mol. The maximum atomic E-state index is 10.7. The van der Waals surface area contributed by atoms with Crippen LogP contribution in [0, 0.1) is 5.92 Å². The van der Waals surface area contributed by atoms with E-state index in [1.807, 2.05) is 6.08 Å². The van der Waals surface area contributed by atoms with Gasteiger partial charge in [0.15, 0.2) is 0 Å². The van der Waals surface area contributed by atoms with Gasteiger partial charge in [-0.15, -0.1) is 13.2 Å². The summed E-state index contributed by atoms with van der Waals surface area (Å²) in [6, 6.07) is 0. The molecule has 0 aromatic rings. The second-order valence-corrected chi connectivity index (χ2v) is 3.13. The predicted octanol–water partition coefficient (Wildman–Crippen LogP) is 3.01. The van der Waals surface area contributed by atoms with E-state index in [9.17, 15) is 4.79 Å². The lowest BCUT2D eigenvalue weighted by atomic mass is 9.98. The van der Waals surface area contributed by atoms with Crippen LogP contribution in [0.3, 0.4) is 0 Å². The molecule has 0 bridgehead atoms. The van der Waals surface area contributed by atoms with Crippen molar-refractivity contribution in [2.75, 3.05) is 0 Å². The van der Waals surface area contributed by atoms with Gasteiger partial charge in [0.1, 0.15) is 0 Å². The minimum absolute atomic E-state index is 0.248. The zero-order valence-electron chi connectivity index (χ0n) is 8.04. The summed E-state index contributed by atoms with van der Waals surface area (Å²) in [7, 11) is 0. The summed E-state index contributed by atoms with van der Waals surface area (Å²) >= 11 is 0. The van der Waals surface area contributed by atoms with Crippen molar-refractivity contribution in [1.82, 2.24) is 0 Å². The van der Waals surface area contributed by atoms with Gasteiger partial charge in [-0.3, -0.25) is 4.79 Å². The van der Waals surface area contributed by atoms with E-state index in [0.29, 0.717) is 6.42 Å². The number of allylic oxidation sites excluding steroid dienone is 2. The van der Waals surface area contributed by atoms with Gasteiger partial charge in [-0.05, 0) is 25.7 Å². The first-order valence-corrected chi connectivity index (χ1v) is 4.67. The van der Waals surface area contributed by atoms with Gasteiger partial charge in [-0.2, -0.15) is 0 Å². The minimum atomic E-state index is -0.710. The van der Waals surface area contributed by atoms with Crippen LogP contribution >= 0.6 is 0 Å². The van der Waals surface area contributed by atoms with Crippen molar-refractivity contribution in [2.24, 2.45) is 5.92 Å². The summed E-state index contributed by atoms with van der Waals surface area (Å²) < 4.78 is 0. The van der Waals surface area contributed by atoms with Crippen LogP contribution in [0.1, 0.15) is 32.1 Å². The van der Waals surface area contributed by atoms with Gasteiger partial charge in [-0.25, -0.2) is 0 Å². The summed E-state index contributed by atoms with van der Waals surface area (Å²) in [6.07, 6.45) is 7.82. The topological polar surface area (TPSA) is 37.3 Å². The molecule has 0 aromatic heterocycles. The third-order valence-electron chi connectivity index (χ3n) is 2.01. The molecular formula is C11H18O2. The Labute approximate surface area is 80.0 Å². The molecule has 0 saturated carbocycles. The Bertz CT molecular complexity index is 173. The summed E-state index contributed by atoms with van der Waals surface area (Å²) in [5.74, 6) is -0.958. The maximum Gasteiger partial charge on any atom is 0.306 e. The fourth-order valence-corrected chi connectivity index (χ4v) is 1.22. The van der Waals surface area contributed by atoms with Gasteiger partial charge in [0.05, 0.1) is 5.92 Å². The number of carbonyl (C=O) groups is 1. The zero-order valence-corrected chi connectivity index (χ0v) is 8.04. The molecule has 0 fully saturated rings. The normalized spacial score (nSPS) is 12.0. The first-order valence-electron chi connectivity index (χ1n) is 4.67. The predicted molar refractivity (Wildman–Crippen MR) is 54.6 cm³/mol. The molecule has 74 valence electrons. The fraction of sp³-hybridized carbons (Fsp3) is 0.545. The van der Waals surface area contributed by atoms with E-state index in [4.69, 9.17) is 5.11 Å². The average Bonchev–Trinajstić information content (AvgIpc) is 2.10. The molecular weight excluding hydrogens is 164 g/mol. The van der Waals surface area contributed by atoms with E-state index in [0.717, 1.165) is 25.7 Å². The SMILES string of the molecule is C=CCCCCC(CC=C)C(=O)O. The van der Waals surface area contributed by atoms with Gasteiger partial charge < -0.3 is 5.11 Å². The van der Waals surface area contributed by atoms with Crippen molar-refractivity contribution in [1.29, 1.82) is 0 Å². The first-order chi connectivity index (χ1) is 6.22. The number of aliphatic carboxylic acids is 1. The van der Waals surface area contributed by atoms with Crippen LogP contribution in [0.5, 0.6) is 0 Å². The van der Waals surface area contributed by atoms with Crippen LogP contribution in [0.4, 0.5) is 0 Å². The Morgan fingerprint density at radius 1 is 1.31 bits per heavy atom. The quantitative estimate of drug-likeness (QED) is 0.463. The Morgan fingerprint density at radius 3 is 2.46 bits per heavy atom. The molecule has 0 rings (SSSR count). The molecule has 1 atom stereocenters. The van der Waals surface area contributed by atoms with Gasteiger partial charge >= 0.3 is 5.97 Å². The van der Waals surface area contributed by atoms with Crippen molar-refractivity contribution in [3.05, 3.63) is 25.3 Å². The monoisotopic (exact) mass is 182 g/mol. The van der Waals surface area contributed by atoms with E-state index < -0.39 is 5.97 Å². The molecule has 2 nitrogen and oxygen atoms in total. The fourth-order valence-electron chi connectivity index (χ4n) is 1.22. The molecule has 13 heavy (non-hydrogen) atoms. The molecule has 1 unspecified atom stereocenters. The molecule has 0 aliphatic heterocycles. The van der Waals surface area contributed by atoms with Crippen LogP contribution in [0.25, 0.3) is 0 Å². The zero-order chi connectivity index (χ0) is 10.1. The van der Waals surface area contributed by atoms with Crippen LogP contribution in [-0.4, -0.2) is 11.1 Å². The van der Waals surface area contributed by atoms with Crippen molar-refractivity contribution in [2.45, 2.75) is 32.1 Å². The maximum absolute atomic E-state index is 10.7. The molecule has 0 amide bonds. The molecule has 2 heteroatoms. The van der Waals surface area contributed by atoms with Crippen LogP contribution < -0.4 is 0 Å². The highest BCUT2D eigenvalue weighted by Crippen LogP contribution is 2.14. The Kier molecular flexibility index (Phi) is 6.98. The van der Waals surface area contributed by atoms with Gasteiger partial charge in [0.2, 0.25) is 0 Å². The van der Waals surface area contributed by atoms with Gasteiger partial charge in [0, 0.05) is 0 Å². The first kappa shape index (κ1) is 11.9. The highest BCUT2D eigenvalue weighted by Gasteiger charge is 2.14. The minimum Gasteiger partial charge on any atom is -0.481 e. The number of hydrogen-bond donors (Lipinski definition) is 1. The van der Waals surface area contributed by atoms with Crippen molar-refractivity contribution < 1.29 is 9.90 Å². The second-order valence-electron chi connectivity index (χ2n) is 3.13. The second kappa shape index (κ2) is 7.59. The molecule has 0 spiro atoms. The Balaban J connectivity index is 3.62.